The van der Waals surface area contributed by atoms with Gasteiger partial charge >= 0.3 is 0 Å². The van der Waals surface area contributed by atoms with E-state index in [0.29, 0.717) is 23.9 Å². The molecule has 1 heterocycles. The van der Waals surface area contributed by atoms with Crippen LogP contribution in [0.15, 0.2) is 18.2 Å². The van der Waals surface area contributed by atoms with Gasteiger partial charge in [0.1, 0.15) is 16.5 Å². The van der Waals surface area contributed by atoms with E-state index in [1.54, 1.807) is 14.2 Å². The molecule has 1 aliphatic rings. The molecule has 23 heavy (non-hydrogen) atoms. The van der Waals surface area contributed by atoms with Gasteiger partial charge in [0.2, 0.25) is 11.0 Å². The van der Waals surface area contributed by atoms with Gasteiger partial charge in [-0.15, -0.1) is 10.2 Å². The highest BCUT2D eigenvalue weighted by atomic mass is 32.1. The Balaban J connectivity index is 1.55. The van der Waals surface area contributed by atoms with Crippen LogP contribution in [-0.4, -0.2) is 30.3 Å². The van der Waals surface area contributed by atoms with Crippen LogP contribution in [-0.2, 0) is 11.2 Å². The summed E-state index contributed by atoms with van der Waals surface area (Å²) in [6, 6.07) is 5.63. The van der Waals surface area contributed by atoms with Crippen molar-refractivity contribution in [3.63, 3.8) is 0 Å². The van der Waals surface area contributed by atoms with E-state index in [-0.39, 0.29) is 5.91 Å². The van der Waals surface area contributed by atoms with E-state index < -0.39 is 0 Å². The molecule has 0 spiro atoms. The van der Waals surface area contributed by atoms with Gasteiger partial charge in [0.25, 0.3) is 0 Å². The molecule has 1 aliphatic carbocycles. The summed E-state index contributed by atoms with van der Waals surface area (Å²) < 4.78 is 10.5. The fraction of sp³-hybridized carbons (Fsp3) is 0.438. The first-order chi connectivity index (χ1) is 11.2. The molecule has 0 radical (unpaired) electrons. The van der Waals surface area contributed by atoms with Crippen molar-refractivity contribution < 1.29 is 14.3 Å². The Morgan fingerprint density at radius 2 is 1.91 bits per heavy atom. The number of hydrogen-bond donors (Lipinski definition) is 1. The number of rotatable bonds is 7. The third kappa shape index (κ3) is 4.19. The van der Waals surface area contributed by atoms with Gasteiger partial charge in [-0.25, -0.2) is 0 Å². The molecule has 1 saturated carbocycles. The number of anilines is 1. The first-order valence-electron chi connectivity index (χ1n) is 7.53. The molecule has 0 aliphatic heterocycles. The van der Waals surface area contributed by atoms with Crippen molar-refractivity contribution in [3.05, 3.63) is 28.8 Å². The van der Waals surface area contributed by atoms with Gasteiger partial charge in [-0.2, -0.15) is 0 Å². The Labute approximate surface area is 138 Å². The van der Waals surface area contributed by atoms with Gasteiger partial charge in [-0.05, 0) is 37.0 Å². The molecular formula is C16H19N3O3S. The van der Waals surface area contributed by atoms with Gasteiger partial charge in [0, 0.05) is 18.4 Å². The van der Waals surface area contributed by atoms with Crippen LogP contribution in [0.4, 0.5) is 5.13 Å². The lowest BCUT2D eigenvalue weighted by molar-refractivity contribution is -0.116. The van der Waals surface area contributed by atoms with Crippen LogP contribution in [0.2, 0.25) is 0 Å². The molecule has 0 bridgehead atoms. The van der Waals surface area contributed by atoms with Gasteiger partial charge in [0.15, 0.2) is 0 Å². The molecule has 6 nitrogen and oxygen atoms in total. The highest BCUT2D eigenvalue weighted by Gasteiger charge is 2.27. The second kappa shape index (κ2) is 6.95. The predicted molar refractivity (Wildman–Crippen MR) is 88.4 cm³/mol. The number of hydrogen-bond acceptors (Lipinski definition) is 6. The number of aromatic nitrogens is 2. The smallest absolute Gasteiger partial charge is 0.226 e. The second-order valence-corrected chi connectivity index (χ2v) is 6.50. The summed E-state index contributed by atoms with van der Waals surface area (Å²) >= 11 is 1.47. The number of carbonyl (C=O) groups excluding carboxylic acids is 1. The van der Waals surface area contributed by atoms with E-state index in [0.717, 1.165) is 22.1 Å². The van der Waals surface area contributed by atoms with Gasteiger partial charge in [0.05, 0.1) is 14.2 Å². The Kier molecular flexibility index (Phi) is 4.76. The van der Waals surface area contributed by atoms with Crippen molar-refractivity contribution in [2.24, 2.45) is 0 Å². The van der Waals surface area contributed by atoms with Crippen LogP contribution in [0.25, 0.3) is 0 Å². The Morgan fingerprint density at radius 3 is 2.52 bits per heavy atom. The van der Waals surface area contributed by atoms with E-state index in [1.807, 2.05) is 18.2 Å². The monoisotopic (exact) mass is 333 g/mol. The summed E-state index contributed by atoms with van der Waals surface area (Å²) in [6.45, 7) is 0. The van der Waals surface area contributed by atoms with E-state index in [4.69, 9.17) is 9.47 Å². The first kappa shape index (κ1) is 15.7. The number of benzene rings is 1. The third-order valence-electron chi connectivity index (χ3n) is 3.67. The lowest BCUT2D eigenvalue weighted by atomic mass is 10.1. The lowest BCUT2D eigenvalue weighted by Crippen LogP contribution is -2.12. The van der Waals surface area contributed by atoms with Crippen LogP contribution in [0, 0.1) is 0 Å². The summed E-state index contributed by atoms with van der Waals surface area (Å²) in [4.78, 5) is 12.1. The average molecular weight is 333 g/mol. The highest BCUT2D eigenvalue weighted by molar-refractivity contribution is 7.15. The molecule has 3 rings (SSSR count). The molecule has 7 heteroatoms. The minimum atomic E-state index is -0.0646. The van der Waals surface area contributed by atoms with Crippen LogP contribution in [0.3, 0.4) is 0 Å². The number of aryl methyl sites for hydroxylation is 1. The molecule has 1 aromatic carbocycles. The number of nitrogens with zero attached hydrogens (tertiary/aromatic N) is 2. The number of nitrogens with one attached hydrogen (secondary N) is 1. The van der Waals surface area contributed by atoms with E-state index in [9.17, 15) is 4.79 Å². The maximum Gasteiger partial charge on any atom is 0.226 e. The molecule has 1 fully saturated rings. The number of carbonyl (C=O) groups is 1. The molecule has 1 amide bonds. The van der Waals surface area contributed by atoms with Crippen molar-refractivity contribution >= 4 is 22.4 Å². The molecule has 0 atom stereocenters. The van der Waals surface area contributed by atoms with Crippen molar-refractivity contribution in [2.45, 2.75) is 31.6 Å². The Hall–Kier alpha value is -2.15. The molecule has 0 unspecified atom stereocenters. The Morgan fingerprint density at radius 1 is 1.22 bits per heavy atom. The molecule has 122 valence electrons. The topological polar surface area (TPSA) is 73.3 Å². The van der Waals surface area contributed by atoms with Crippen LogP contribution >= 0.6 is 11.3 Å². The number of methoxy groups -OCH3 is 2. The molecular weight excluding hydrogens is 314 g/mol. The third-order valence-corrected chi connectivity index (χ3v) is 4.67. The minimum absolute atomic E-state index is 0.0646. The van der Waals surface area contributed by atoms with E-state index in [1.165, 1.54) is 24.2 Å². The van der Waals surface area contributed by atoms with Crippen molar-refractivity contribution in [3.8, 4) is 11.5 Å². The standard InChI is InChI=1S/C16H19N3O3S/c1-21-12-7-10(8-13(9-12)22-2)3-6-14(20)17-16-19-18-15(23-16)11-4-5-11/h7-9,11H,3-6H2,1-2H3,(H,17,19,20). The normalized spacial score (nSPS) is 13.7. The molecule has 1 aromatic heterocycles. The summed E-state index contributed by atoms with van der Waals surface area (Å²) in [5.74, 6) is 1.93. The van der Waals surface area contributed by atoms with Crippen LogP contribution in [0.1, 0.15) is 35.8 Å². The molecule has 0 saturated heterocycles. The van der Waals surface area contributed by atoms with Crippen LogP contribution in [0.5, 0.6) is 11.5 Å². The van der Waals surface area contributed by atoms with Crippen molar-refractivity contribution in [1.82, 2.24) is 10.2 Å². The maximum absolute atomic E-state index is 12.1. The summed E-state index contributed by atoms with van der Waals surface area (Å²) in [6.07, 6.45) is 3.34. The summed E-state index contributed by atoms with van der Waals surface area (Å²) in [7, 11) is 3.22. The highest BCUT2D eigenvalue weighted by Crippen LogP contribution is 2.42. The fourth-order valence-electron chi connectivity index (χ4n) is 2.23. The SMILES string of the molecule is COc1cc(CCC(=O)Nc2nnc(C3CC3)s2)cc(OC)c1. The molecule has 1 N–H and O–H groups in total. The zero-order chi connectivity index (χ0) is 16.2. The Bertz CT molecular complexity index is 675. The summed E-state index contributed by atoms with van der Waals surface area (Å²) in [5.41, 5.74) is 0.993. The van der Waals surface area contributed by atoms with Gasteiger partial charge in [-0.1, -0.05) is 11.3 Å². The number of ether oxygens (including phenoxy) is 2. The van der Waals surface area contributed by atoms with E-state index >= 15 is 0 Å². The second-order valence-electron chi connectivity index (χ2n) is 5.49. The fourth-order valence-corrected chi connectivity index (χ4v) is 3.16. The van der Waals surface area contributed by atoms with Crippen molar-refractivity contribution in [2.75, 3.05) is 19.5 Å². The number of amides is 1. The largest absolute Gasteiger partial charge is 0.497 e. The first-order valence-corrected chi connectivity index (χ1v) is 8.35. The van der Waals surface area contributed by atoms with Gasteiger partial charge in [-0.3, -0.25) is 4.79 Å². The lowest BCUT2D eigenvalue weighted by Gasteiger charge is -2.08. The van der Waals surface area contributed by atoms with Crippen LogP contribution < -0.4 is 14.8 Å². The zero-order valence-electron chi connectivity index (χ0n) is 13.2. The molecule has 2 aromatic rings. The predicted octanol–water partition coefficient (Wildman–Crippen LogP) is 3.00. The summed E-state index contributed by atoms with van der Waals surface area (Å²) in [5, 5.41) is 12.6. The maximum atomic E-state index is 12.1. The minimum Gasteiger partial charge on any atom is -0.497 e. The van der Waals surface area contributed by atoms with Gasteiger partial charge < -0.3 is 14.8 Å². The zero-order valence-corrected chi connectivity index (χ0v) is 14.0. The average Bonchev–Trinajstić information content (AvgIpc) is 3.32. The quantitative estimate of drug-likeness (QED) is 0.843. The van der Waals surface area contributed by atoms with Crippen molar-refractivity contribution in [1.29, 1.82) is 0 Å². The van der Waals surface area contributed by atoms with E-state index in [2.05, 4.69) is 15.5 Å².